The second-order valence-corrected chi connectivity index (χ2v) is 14.5. The highest BCUT2D eigenvalue weighted by molar-refractivity contribution is 7.53. The summed E-state index contributed by atoms with van der Waals surface area (Å²) < 4.78 is 33.4. The van der Waals surface area contributed by atoms with E-state index >= 15 is 0 Å². The van der Waals surface area contributed by atoms with Crippen LogP contribution in [0.2, 0.25) is 0 Å². The Bertz CT molecular complexity index is 820. The zero-order valence-electron chi connectivity index (χ0n) is 23.1. The lowest BCUT2D eigenvalue weighted by Crippen LogP contribution is -2.25. The summed E-state index contributed by atoms with van der Waals surface area (Å²) >= 11 is 0. The van der Waals surface area contributed by atoms with Gasteiger partial charge in [-0.2, -0.15) is 5.10 Å². The monoisotopic (exact) mass is 565 g/mol. The van der Waals surface area contributed by atoms with Crippen LogP contribution in [0.5, 0.6) is 0 Å². The van der Waals surface area contributed by atoms with Crippen molar-refractivity contribution >= 4 is 27.3 Å². The predicted molar refractivity (Wildman–Crippen MR) is 149 cm³/mol. The van der Waals surface area contributed by atoms with Gasteiger partial charge < -0.3 is 24.2 Å². The summed E-state index contributed by atoms with van der Waals surface area (Å²) in [7, 11) is -6.89. The lowest BCUT2D eigenvalue weighted by atomic mass is 9.94. The van der Waals surface area contributed by atoms with Gasteiger partial charge in [0.05, 0.1) is 18.9 Å². The van der Waals surface area contributed by atoms with Crippen molar-refractivity contribution < 1.29 is 32.8 Å². The Kier molecular flexibility index (Phi) is 16.8. The van der Waals surface area contributed by atoms with Crippen molar-refractivity contribution in [3.05, 3.63) is 11.8 Å². The van der Waals surface area contributed by atoms with E-state index in [1.807, 2.05) is 11.2 Å². The summed E-state index contributed by atoms with van der Waals surface area (Å²) in [5, 5.41) is 9.37. The Morgan fingerprint density at radius 1 is 1.11 bits per heavy atom. The lowest BCUT2D eigenvalue weighted by molar-refractivity contribution is -0.121. The molecule has 0 aromatic rings. The summed E-state index contributed by atoms with van der Waals surface area (Å²) in [5.74, 6) is 0.415. The Morgan fingerprint density at radius 3 is 2.49 bits per heavy atom. The topological polar surface area (TPSA) is 138 Å². The molecule has 0 fully saturated rings. The van der Waals surface area contributed by atoms with E-state index in [0.29, 0.717) is 31.8 Å². The van der Waals surface area contributed by atoms with E-state index in [1.165, 1.54) is 5.57 Å². The lowest BCUT2D eigenvalue weighted by Gasteiger charge is -2.17. The van der Waals surface area contributed by atoms with Crippen molar-refractivity contribution in [1.82, 2.24) is 10.3 Å². The molecule has 0 saturated carbocycles. The highest BCUT2D eigenvalue weighted by Crippen LogP contribution is 2.47. The smallest absolute Gasteiger partial charge is 0.330 e. The van der Waals surface area contributed by atoms with Gasteiger partial charge >= 0.3 is 15.2 Å². The van der Waals surface area contributed by atoms with E-state index in [-0.39, 0.29) is 30.9 Å². The molecule has 1 heterocycles. The van der Waals surface area contributed by atoms with Gasteiger partial charge in [0.15, 0.2) is 0 Å². The maximum atomic E-state index is 12.2. The Morgan fingerprint density at radius 2 is 1.78 bits per heavy atom. The van der Waals surface area contributed by atoms with Gasteiger partial charge in [0.1, 0.15) is 0 Å². The van der Waals surface area contributed by atoms with E-state index in [2.05, 4.69) is 23.5 Å². The molecule has 3 N–H and O–H groups in total. The first-order valence-corrected chi connectivity index (χ1v) is 17.1. The molecule has 0 aliphatic carbocycles. The maximum absolute atomic E-state index is 12.2. The molecule has 0 radical (unpaired) electrons. The molecule has 0 spiro atoms. The summed E-state index contributed by atoms with van der Waals surface area (Å²) in [5.41, 5.74) is 0.907. The van der Waals surface area contributed by atoms with Crippen LogP contribution < -0.4 is 5.32 Å². The van der Waals surface area contributed by atoms with Gasteiger partial charge in [-0.05, 0) is 56.4 Å². The SMILES string of the molecule is CCP(=O)(O)OCCCCC1=CN(CCCC(=O)NCCCCCCOP(=O)(O)C(C)C)N=CCC1C. The average molecular weight is 566 g/mol. The third-order valence-electron chi connectivity index (χ3n) is 6.30. The fraction of sp³-hybridized carbons (Fsp3) is 0.840. The van der Waals surface area contributed by atoms with Crippen LogP contribution in [0.3, 0.4) is 0 Å². The molecule has 37 heavy (non-hydrogen) atoms. The fourth-order valence-electron chi connectivity index (χ4n) is 3.62. The van der Waals surface area contributed by atoms with Crippen molar-refractivity contribution in [2.24, 2.45) is 11.0 Å². The normalized spacial score (nSPS) is 19.3. The third-order valence-corrected chi connectivity index (χ3v) is 9.55. The van der Waals surface area contributed by atoms with Gasteiger partial charge in [0, 0.05) is 38.1 Å². The maximum Gasteiger partial charge on any atom is 0.330 e. The average Bonchev–Trinajstić information content (AvgIpc) is 3.01. The highest BCUT2D eigenvalue weighted by atomic mass is 31.2. The van der Waals surface area contributed by atoms with Crippen molar-refractivity contribution in [2.75, 3.05) is 32.5 Å². The number of hydrazone groups is 1. The van der Waals surface area contributed by atoms with Gasteiger partial charge in [0.25, 0.3) is 0 Å². The summed E-state index contributed by atoms with van der Waals surface area (Å²) in [6.45, 7) is 9.03. The van der Waals surface area contributed by atoms with Gasteiger partial charge in [-0.25, -0.2) is 0 Å². The molecule has 1 aliphatic heterocycles. The molecule has 1 aliphatic rings. The second-order valence-electron chi connectivity index (χ2n) is 9.90. The molecule has 10 nitrogen and oxygen atoms in total. The Labute approximate surface area is 223 Å². The number of nitrogens with zero attached hydrogens (tertiary/aromatic N) is 2. The van der Waals surface area contributed by atoms with Crippen molar-refractivity contribution in [3.8, 4) is 0 Å². The number of rotatable bonds is 20. The van der Waals surface area contributed by atoms with E-state index in [1.54, 1.807) is 20.8 Å². The minimum absolute atomic E-state index is 0.0334. The number of carbonyl (C=O) groups is 1. The number of amides is 1. The molecule has 216 valence electrons. The molecule has 0 bridgehead atoms. The van der Waals surface area contributed by atoms with E-state index < -0.39 is 15.2 Å². The van der Waals surface area contributed by atoms with Crippen LogP contribution in [-0.2, 0) is 23.0 Å². The molecule has 3 unspecified atom stereocenters. The minimum Gasteiger partial charge on any atom is -0.356 e. The molecule has 1 rings (SSSR count). The van der Waals surface area contributed by atoms with E-state index in [0.717, 1.165) is 51.4 Å². The molecule has 0 aromatic heterocycles. The van der Waals surface area contributed by atoms with E-state index in [9.17, 15) is 23.7 Å². The van der Waals surface area contributed by atoms with Crippen LogP contribution in [0, 0.1) is 5.92 Å². The van der Waals surface area contributed by atoms with Gasteiger partial charge in [-0.3, -0.25) is 18.9 Å². The second kappa shape index (κ2) is 18.3. The Hall–Kier alpha value is -1.02. The molecule has 12 heteroatoms. The van der Waals surface area contributed by atoms with E-state index in [4.69, 9.17) is 9.05 Å². The molecule has 0 aromatic carbocycles. The molecular formula is C25H49N3O7P2. The van der Waals surface area contributed by atoms with Crippen molar-refractivity contribution in [3.63, 3.8) is 0 Å². The summed E-state index contributed by atoms with van der Waals surface area (Å²) in [6, 6.07) is 0. The molecule has 0 saturated heterocycles. The van der Waals surface area contributed by atoms with Crippen LogP contribution in [-0.4, -0.2) is 65.0 Å². The number of nitrogens with one attached hydrogen (secondary N) is 1. The quantitative estimate of drug-likeness (QED) is 0.127. The number of hydrogen-bond acceptors (Lipinski definition) is 7. The number of carbonyl (C=O) groups excluding carboxylic acids is 1. The zero-order chi connectivity index (χ0) is 27.7. The van der Waals surface area contributed by atoms with Gasteiger partial charge in [-0.1, -0.05) is 40.5 Å². The number of hydrogen-bond donors (Lipinski definition) is 3. The van der Waals surface area contributed by atoms with Crippen LogP contribution >= 0.6 is 15.2 Å². The van der Waals surface area contributed by atoms with Crippen LogP contribution in [0.15, 0.2) is 16.9 Å². The number of allylic oxidation sites excluding steroid dienone is 1. The first-order valence-electron chi connectivity index (χ1n) is 13.7. The Balaban J connectivity index is 2.20. The molecular weight excluding hydrogens is 516 g/mol. The van der Waals surface area contributed by atoms with Gasteiger partial charge in [-0.15, -0.1) is 0 Å². The zero-order valence-corrected chi connectivity index (χ0v) is 24.9. The standard InChI is InChI=1S/C25H49N3O7P2/c1-5-36(30,31)34-19-11-8-13-24-21-28(27-17-15-23(24)4)18-12-14-25(29)26-16-9-6-7-10-20-35-37(32,33)22(2)3/h17,21-23H,5-16,18-20H2,1-4H3,(H,26,29)(H,30,31)(H,32,33). The fourth-order valence-corrected chi connectivity index (χ4v) is 4.91. The van der Waals surface area contributed by atoms with Gasteiger partial charge in [0.2, 0.25) is 5.91 Å². The number of unbranched alkanes of at least 4 members (excludes halogenated alkanes) is 4. The van der Waals surface area contributed by atoms with Crippen LogP contribution in [0.25, 0.3) is 0 Å². The van der Waals surface area contributed by atoms with Crippen molar-refractivity contribution in [2.45, 2.75) is 97.6 Å². The minimum atomic E-state index is -3.48. The van der Waals surface area contributed by atoms with Crippen LogP contribution in [0.1, 0.15) is 91.9 Å². The summed E-state index contributed by atoms with van der Waals surface area (Å²) in [6.07, 6.45) is 12.1. The van der Waals surface area contributed by atoms with Crippen LogP contribution in [0.4, 0.5) is 0 Å². The predicted octanol–water partition coefficient (Wildman–Crippen LogP) is 5.66. The first kappa shape index (κ1) is 34.0. The molecule has 3 atom stereocenters. The largest absolute Gasteiger partial charge is 0.356 e. The first-order chi connectivity index (χ1) is 17.5. The summed E-state index contributed by atoms with van der Waals surface area (Å²) in [4.78, 5) is 31.3. The highest BCUT2D eigenvalue weighted by Gasteiger charge is 2.23. The third kappa shape index (κ3) is 15.9. The molecule has 1 amide bonds. The van der Waals surface area contributed by atoms with Crippen molar-refractivity contribution in [1.29, 1.82) is 0 Å².